The molecule has 0 aliphatic heterocycles. The summed E-state index contributed by atoms with van der Waals surface area (Å²) in [6.45, 7) is 8.08. The molecule has 0 heterocycles. The number of rotatable bonds is 1. The van der Waals surface area contributed by atoms with Crippen LogP contribution < -0.4 is 0 Å². The van der Waals surface area contributed by atoms with Crippen LogP contribution in [-0.4, -0.2) is 0 Å². The zero-order valence-electron chi connectivity index (χ0n) is 7.20. The molecule has 1 aromatic rings. The third kappa shape index (κ3) is 2.15. The Hall–Kier alpha value is -0.200. The van der Waals surface area contributed by atoms with E-state index in [9.17, 15) is 0 Å². The summed E-state index contributed by atoms with van der Waals surface area (Å²) in [6.07, 6.45) is 0. The second-order valence-electron chi connectivity index (χ2n) is 3.51. The summed E-state index contributed by atoms with van der Waals surface area (Å²) in [7, 11) is 0. The molecule has 0 bridgehead atoms. The summed E-state index contributed by atoms with van der Waals surface area (Å²) < 4.78 is 0. The Bertz CT molecular complexity index is 284. The van der Waals surface area contributed by atoms with Crippen molar-refractivity contribution in [3.8, 4) is 0 Å². The third-order valence-corrected chi connectivity index (χ3v) is 2.44. The highest BCUT2D eigenvalue weighted by Crippen LogP contribution is 2.28. The lowest BCUT2D eigenvalue weighted by molar-refractivity contribution is 0.665. The molecule has 1 rings (SSSR count). The second-order valence-corrected chi connectivity index (χ2v) is 4.33. The van der Waals surface area contributed by atoms with Crippen LogP contribution >= 0.6 is 23.2 Å². The van der Waals surface area contributed by atoms with E-state index in [1.165, 1.54) is 0 Å². The van der Waals surface area contributed by atoms with Gasteiger partial charge in [0.1, 0.15) is 0 Å². The van der Waals surface area contributed by atoms with Gasteiger partial charge in [-0.25, -0.2) is 0 Å². The molecule has 0 atom stereocenters. The Balaban J connectivity index is 3.14. The van der Waals surface area contributed by atoms with Crippen LogP contribution in [0.3, 0.4) is 0 Å². The van der Waals surface area contributed by atoms with Gasteiger partial charge < -0.3 is 0 Å². The molecular formula is C10H11Cl2. The molecule has 2 heteroatoms. The molecule has 0 amide bonds. The smallest absolute Gasteiger partial charge is 0.0595 e. The molecule has 12 heavy (non-hydrogen) atoms. The minimum Gasteiger partial charge on any atom is -0.0827 e. The summed E-state index contributed by atoms with van der Waals surface area (Å²) in [5.74, 6) is 0. The van der Waals surface area contributed by atoms with Gasteiger partial charge >= 0.3 is 0 Å². The van der Waals surface area contributed by atoms with Crippen molar-refractivity contribution in [2.75, 3.05) is 0 Å². The van der Waals surface area contributed by atoms with Gasteiger partial charge in [-0.2, -0.15) is 0 Å². The van der Waals surface area contributed by atoms with Crippen molar-refractivity contribution in [3.05, 3.63) is 40.7 Å². The lowest BCUT2D eigenvalue weighted by Gasteiger charge is -2.18. The van der Waals surface area contributed by atoms with Crippen molar-refractivity contribution in [1.29, 1.82) is 0 Å². The molecule has 0 spiro atoms. The van der Waals surface area contributed by atoms with Crippen molar-refractivity contribution in [2.24, 2.45) is 0 Å². The van der Waals surface area contributed by atoms with Crippen LogP contribution in [0.1, 0.15) is 19.4 Å². The number of benzene rings is 1. The topological polar surface area (TPSA) is 0 Å². The molecule has 0 saturated carbocycles. The fourth-order valence-electron chi connectivity index (χ4n) is 0.917. The van der Waals surface area contributed by atoms with Crippen molar-refractivity contribution >= 4 is 23.2 Å². The minimum atomic E-state index is -0.117. The summed E-state index contributed by atoms with van der Waals surface area (Å²) in [4.78, 5) is 0. The van der Waals surface area contributed by atoms with Crippen LogP contribution in [0.4, 0.5) is 0 Å². The molecule has 0 unspecified atom stereocenters. The SMILES string of the molecule is [CH2]C(C)(C)c1ccc(Cl)c(Cl)c1. The average molecular weight is 202 g/mol. The van der Waals surface area contributed by atoms with E-state index in [1.54, 1.807) is 6.07 Å². The van der Waals surface area contributed by atoms with E-state index in [4.69, 9.17) is 23.2 Å². The molecule has 0 nitrogen and oxygen atoms in total. The normalized spacial score (nSPS) is 11.8. The zero-order chi connectivity index (χ0) is 9.35. The van der Waals surface area contributed by atoms with Crippen LogP contribution in [-0.2, 0) is 5.41 Å². The predicted octanol–water partition coefficient (Wildman–Crippen LogP) is 4.11. The quantitative estimate of drug-likeness (QED) is 0.642. The lowest BCUT2D eigenvalue weighted by Crippen LogP contribution is -2.11. The van der Waals surface area contributed by atoms with E-state index in [-0.39, 0.29) is 5.41 Å². The molecule has 0 aliphatic rings. The Labute approximate surface area is 83.5 Å². The number of halogens is 2. The van der Waals surface area contributed by atoms with Crippen molar-refractivity contribution in [2.45, 2.75) is 19.3 Å². The molecule has 0 N–H and O–H groups in total. The van der Waals surface area contributed by atoms with Gasteiger partial charge in [0.05, 0.1) is 10.0 Å². The monoisotopic (exact) mass is 201 g/mol. The van der Waals surface area contributed by atoms with Gasteiger partial charge in [0, 0.05) is 0 Å². The first-order valence-corrected chi connectivity index (χ1v) is 4.48. The van der Waals surface area contributed by atoms with E-state index in [2.05, 4.69) is 6.92 Å². The molecule has 0 fully saturated rings. The molecule has 0 aliphatic carbocycles. The van der Waals surface area contributed by atoms with Gasteiger partial charge in [-0.3, -0.25) is 0 Å². The molecule has 65 valence electrons. The van der Waals surface area contributed by atoms with Gasteiger partial charge in [-0.05, 0) is 30.0 Å². The van der Waals surface area contributed by atoms with E-state index in [0.717, 1.165) is 5.56 Å². The van der Waals surface area contributed by atoms with Crippen LogP contribution in [0.2, 0.25) is 10.0 Å². The van der Waals surface area contributed by atoms with Crippen molar-refractivity contribution < 1.29 is 0 Å². The van der Waals surface area contributed by atoms with E-state index >= 15 is 0 Å². The van der Waals surface area contributed by atoms with Gasteiger partial charge in [0.15, 0.2) is 0 Å². The second kappa shape index (κ2) is 3.27. The highest BCUT2D eigenvalue weighted by Gasteiger charge is 2.14. The van der Waals surface area contributed by atoms with Crippen LogP contribution in [0.25, 0.3) is 0 Å². The first-order chi connectivity index (χ1) is 5.41. The van der Waals surface area contributed by atoms with Crippen molar-refractivity contribution in [1.82, 2.24) is 0 Å². The Kier molecular flexibility index (Phi) is 2.70. The van der Waals surface area contributed by atoms with Gasteiger partial charge in [0.25, 0.3) is 0 Å². The largest absolute Gasteiger partial charge is 0.0827 e. The minimum absolute atomic E-state index is 0.117. The van der Waals surface area contributed by atoms with Crippen LogP contribution in [0, 0.1) is 6.92 Å². The van der Waals surface area contributed by atoms with E-state index < -0.39 is 0 Å². The van der Waals surface area contributed by atoms with E-state index in [0.29, 0.717) is 10.0 Å². The number of hydrogen-bond acceptors (Lipinski definition) is 0. The standard InChI is InChI=1S/C10H11Cl2/c1-10(2,3)7-4-5-8(11)9(12)6-7/h4-6H,1H2,2-3H3. The lowest BCUT2D eigenvalue weighted by atomic mass is 9.87. The van der Waals surface area contributed by atoms with Gasteiger partial charge in [-0.1, -0.05) is 43.1 Å². The fraction of sp³-hybridized carbons (Fsp3) is 0.300. The maximum Gasteiger partial charge on any atom is 0.0595 e. The molecule has 1 aromatic carbocycles. The molecule has 0 aromatic heterocycles. The number of hydrogen-bond donors (Lipinski definition) is 0. The molecular weight excluding hydrogens is 191 g/mol. The summed E-state index contributed by atoms with van der Waals surface area (Å²) in [6, 6.07) is 5.60. The van der Waals surface area contributed by atoms with Crippen LogP contribution in [0.15, 0.2) is 18.2 Å². The fourth-order valence-corrected chi connectivity index (χ4v) is 1.22. The third-order valence-electron chi connectivity index (χ3n) is 1.70. The van der Waals surface area contributed by atoms with Gasteiger partial charge in [-0.15, -0.1) is 0 Å². The molecule has 1 radical (unpaired) electrons. The average Bonchev–Trinajstić information content (AvgIpc) is 1.92. The predicted molar refractivity (Wildman–Crippen MR) is 54.8 cm³/mol. The maximum atomic E-state index is 5.86. The molecule has 0 saturated heterocycles. The van der Waals surface area contributed by atoms with Crippen molar-refractivity contribution in [3.63, 3.8) is 0 Å². The highest BCUT2D eigenvalue weighted by atomic mass is 35.5. The Morgan fingerprint density at radius 3 is 2.17 bits per heavy atom. The Morgan fingerprint density at radius 2 is 1.75 bits per heavy atom. The maximum absolute atomic E-state index is 5.86. The summed E-state index contributed by atoms with van der Waals surface area (Å²) in [5, 5.41) is 1.18. The van der Waals surface area contributed by atoms with Gasteiger partial charge in [0.2, 0.25) is 0 Å². The van der Waals surface area contributed by atoms with Crippen LogP contribution in [0.5, 0.6) is 0 Å². The highest BCUT2D eigenvalue weighted by molar-refractivity contribution is 6.42. The first-order valence-electron chi connectivity index (χ1n) is 3.72. The zero-order valence-corrected chi connectivity index (χ0v) is 8.71. The Morgan fingerprint density at radius 1 is 1.17 bits per heavy atom. The van der Waals surface area contributed by atoms with E-state index in [1.807, 2.05) is 26.0 Å². The summed E-state index contributed by atoms with van der Waals surface area (Å²) >= 11 is 11.6. The first kappa shape index (κ1) is 9.88. The summed E-state index contributed by atoms with van der Waals surface area (Å²) in [5.41, 5.74) is 0.978.